The lowest BCUT2D eigenvalue weighted by Crippen LogP contribution is -2.74. The molecule has 2 nitrogen and oxygen atoms in total. The van der Waals surface area contributed by atoms with Gasteiger partial charge in [-0.05, 0) is 84.0 Å². The molecule has 0 radical (unpaired) electrons. The third kappa shape index (κ3) is 5.54. The number of nitrogens with zero attached hydrogens (tertiary/aromatic N) is 2. The van der Waals surface area contributed by atoms with Crippen LogP contribution in [-0.4, -0.2) is 17.6 Å². The topological polar surface area (TPSA) is 17.8 Å². The lowest BCUT2D eigenvalue weighted by Gasteiger charge is -2.35. The van der Waals surface area contributed by atoms with Gasteiger partial charge in [-0.25, -0.2) is 4.98 Å². The highest BCUT2D eigenvalue weighted by Gasteiger charge is 2.42. The summed E-state index contributed by atoms with van der Waals surface area (Å²) in [4.78, 5) is 5.16. The maximum Gasteiger partial charge on any atom is 0.179 e. The predicted molar refractivity (Wildman–Crippen MR) is 231 cm³/mol. The molecule has 54 heavy (non-hydrogen) atoms. The fourth-order valence-electron chi connectivity index (χ4n) is 8.31. The van der Waals surface area contributed by atoms with Crippen LogP contribution in [0, 0.1) is 0 Å². The Morgan fingerprint density at radius 1 is 0.407 bits per heavy atom. The largest absolute Gasteiger partial charge is 0.287 e. The zero-order valence-electron chi connectivity index (χ0n) is 29.6. The van der Waals surface area contributed by atoms with Crippen LogP contribution in [0.15, 0.2) is 211 Å². The van der Waals surface area contributed by atoms with Gasteiger partial charge < -0.3 is 0 Å². The molecule has 2 heterocycles. The van der Waals surface area contributed by atoms with E-state index in [1.54, 1.807) is 0 Å². The second-order valence-electron chi connectivity index (χ2n) is 13.9. The highest BCUT2D eigenvalue weighted by Crippen LogP contribution is 2.38. The molecule has 0 amide bonds. The van der Waals surface area contributed by atoms with Gasteiger partial charge in [0, 0.05) is 5.75 Å². The Balaban J connectivity index is 1.21. The first kappa shape index (κ1) is 32.4. The highest BCUT2D eigenvalue weighted by molar-refractivity contribution is 7.98. The van der Waals surface area contributed by atoms with E-state index in [-0.39, 0.29) is 0 Å². The summed E-state index contributed by atoms with van der Waals surface area (Å²) in [6, 6.07) is 76.3. The van der Waals surface area contributed by atoms with Gasteiger partial charge in [0.25, 0.3) is 0 Å². The molecule has 0 aliphatic carbocycles. The summed E-state index contributed by atoms with van der Waals surface area (Å²) < 4.78 is 2.33. The summed E-state index contributed by atoms with van der Waals surface area (Å²) in [6.07, 6.45) is 0. The summed E-state index contributed by atoms with van der Waals surface area (Å²) >= 11 is 1.81. The Bertz CT molecular complexity index is 2660. The molecule has 0 fully saturated rings. The zero-order valence-corrected chi connectivity index (χ0v) is 31.5. The minimum Gasteiger partial charge on any atom is -0.287 e. The van der Waals surface area contributed by atoms with E-state index in [4.69, 9.17) is 4.98 Å². The fraction of sp³-hybridized carbons (Fsp3) is 0.0200. The SMILES string of the molecule is c1ccc(-c2cc(-c3ccccc3)cc([Si](c3ccccc3)(c3ccccc3)c3cccc(-c4ccc5c(c4)nc4n5-c5ccccc5CS4)c3)c2)cc1. The number of imidazole rings is 1. The van der Waals surface area contributed by atoms with E-state index in [9.17, 15) is 0 Å². The van der Waals surface area contributed by atoms with Crippen LogP contribution in [0.4, 0.5) is 0 Å². The Morgan fingerprint density at radius 2 is 0.926 bits per heavy atom. The van der Waals surface area contributed by atoms with E-state index in [1.807, 2.05) is 11.8 Å². The smallest absolute Gasteiger partial charge is 0.179 e. The molecule has 0 N–H and O–H groups in total. The standard InChI is InChI=1S/C50H36N2SSi/c1-5-16-36(17-6-1)41-30-42(37-18-7-2-8-19-37)33-46(32-41)54(43-22-9-3-10-23-43,44-24-11-4-12-25-44)45-26-15-21-38(31-45)39-28-29-49-47(34-39)51-50-52(49)48-27-14-13-20-40(48)35-53-50/h1-34H,35H2. The maximum atomic E-state index is 5.16. The number of benzene rings is 8. The number of hydrogen-bond acceptors (Lipinski definition) is 2. The van der Waals surface area contributed by atoms with Crippen molar-refractivity contribution in [2.45, 2.75) is 10.9 Å². The van der Waals surface area contributed by atoms with Crippen LogP contribution in [0.3, 0.4) is 0 Å². The average Bonchev–Trinajstić information content (AvgIpc) is 3.64. The quantitative estimate of drug-likeness (QED) is 0.120. The van der Waals surface area contributed by atoms with Gasteiger partial charge in [0.2, 0.25) is 0 Å². The molecule has 0 saturated carbocycles. The van der Waals surface area contributed by atoms with Gasteiger partial charge in [0.05, 0.1) is 16.7 Å². The van der Waals surface area contributed by atoms with E-state index in [2.05, 4.69) is 211 Å². The third-order valence-corrected chi connectivity index (χ3v) is 16.6. The number of fused-ring (bicyclic) bond motifs is 5. The molecule has 0 spiro atoms. The van der Waals surface area contributed by atoms with Gasteiger partial charge in [-0.1, -0.05) is 194 Å². The first-order valence-corrected chi connectivity index (χ1v) is 21.5. The Labute approximate surface area is 321 Å². The van der Waals surface area contributed by atoms with Crippen molar-refractivity contribution in [3.63, 3.8) is 0 Å². The van der Waals surface area contributed by atoms with E-state index in [0.717, 1.165) is 21.9 Å². The lowest BCUT2D eigenvalue weighted by molar-refractivity contribution is 0.894. The molecule has 1 aliphatic heterocycles. The molecule has 0 atom stereocenters. The summed E-state index contributed by atoms with van der Waals surface area (Å²) in [5.74, 6) is 0.942. The summed E-state index contributed by atoms with van der Waals surface area (Å²) in [5, 5.41) is 6.46. The maximum absolute atomic E-state index is 5.16. The molecule has 0 saturated heterocycles. The molecule has 0 bridgehead atoms. The molecule has 0 unspecified atom stereocenters. The van der Waals surface area contributed by atoms with Crippen molar-refractivity contribution in [3.8, 4) is 39.1 Å². The van der Waals surface area contributed by atoms with Gasteiger partial charge >= 0.3 is 0 Å². The van der Waals surface area contributed by atoms with Crippen molar-refractivity contribution >= 4 is 51.6 Å². The average molecular weight is 725 g/mol. The molecule has 10 rings (SSSR count). The van der Waals surface area contributed by atoms with E-state index < -0.39 is 8.07 Å². The molecular weight excluding hydrogens is 689 g/mol. The highest BCUT2D eigenvalue weighted by atomic mass is 32.2. The van der Waals surface area contributed by atoms with Crippen molar-refractivity contribution < 1.29 is 0 Å². The van der Waals surface area contributed by atoms with E-state index in [0.29, 0.717) is 0 Å². The van der Waals surface area contributed by atoms with Crippen LogP contribution in [0.25, 0.3) is 50.1 Å². The lowest BCUT2D eigenvalue weighted by atomic mass is 9.99. The summed E-state index contributed by atoms with van der Waals surface area (Å²) in [7, 11) is -2.92. The predicted octanol–water partition coefficient (Wildman–Crippen LogP) is 10.0. The molecule has 9 aromatic rings. The summed E-state index contributed by atoms with van der Waals surface area (Å²) in [5.41, 5.74) is 12.0. The number of para-hydroxylation sites is 1. The molecule has 4 heteroatoms. The van der Waals surface area contributed by atoms with Crippen LogP contribution in [0.1, 0.15) is 5.56 Å². The first-order valence-electron chi connectivity index (χ1n) is 18.5. The fourth-order valence-corrected chi connectivity index (χ4v) is 14.2. The molecule has 8 aromatic carbocycles. The zero-order chi connectivity index (χ0) is 35.9. The second kappa shape index (κ2) is 13.6. The minimum absolute atomic E-state index is 0.942. The first-order chi connectivity index (χ1) is 26.8. The van der Waals surface area contributed by atoms with E-state index in [1.165, 1.54) is 65.4 Å². The van der Waals surface area contributed by atoms with E-state index >= 15 is 0 Å². The number of thioether (sulfide) groups is 1. The Morgan fingerprint density at radius 3 is 1.57 bits per heavy atom. The Kier molecular flexibility index (Phi) is 8.20. The van der Waals surface area contributed by atoms with Crippen LogP contribution in [0.5, 0.6) is 0 Å². The molecule has 1 aromatic heterocycles. The van der Waals surface area contributed by atoms with Gasteiger partial charge in [-0.2, -0.15) is 0 Å². The number of rotatable bonds is 7. The van der Waals surface area contributed by atoms with Crippen LogP contribution >= 0.6 is 11.8 Å². The molecular formula is C50H36N2SSi. The second-order valence-corrected chi connectivity index (χ2v) is 18.7. The van der Waals surface area contributed by atoms with Crippen molar-refractivity contribution in [1.29, 1.82) is 0 Å². The molecule has 256 valence electrons. The third-order valence-electron chi connectivity index (χ3n) is 10.8. The summed E-state index contributed by atoms with van der Waals surface area (Å²) in [6.45, 7) is 0. The number of hydrogen-bond donors (Lipinski definition) is 0. The van der Waals surface area contributed by atoms with Crippen molar-refractivity contribution in [1.82, 2.24) is 9.55 Å². The van der Waals surface area contributed by atoms with Crippen LogP contribution in [-0.2, 0) is 5.75 Å². The Hall–Kier alpha value is -6.20. The van der Waals surface area contributed by atoms with Crippen molar-refractivity contribution in [2.75, 3.05) is 0 Å². The van der Waals surface area contributed by atoms with Gasteiger partial charge in [-0.15, -0.1) is 0 Å². The van der Waals surface area contributed by atoms with Crippen molar-refractivity contribution in [2.24, 2.45) is 0 Å². The monoisotopic (exact) mass is 724 g/mol. The number of aromatic nitrogens is 2. The van der Waals surface area contributed by atoms with Gasteiger partial charge in [0.15, 0.2) is 13.2 Å². The van der Waals surface area contributed by atoms with Crippen molar-refractivity contribution in [3.05, 3.63) is 212 Å². The van der Waals surface area contributed by atoms with Gasteiger partial charge in [0.1, 0.15) is 0 Å². The minimum atomic E-state index is -2.92. The normalized spacial score (nSPS) is 12.3. The van der Waals surface area contributed by atoms with Crippen LogP contribution < -0.4 is 20.7 Å². The molecule has 1 aliphatic rings. The van der Waals surface area contributed by atoms with Gasteiger partial charge in [-0.3, -0.25) is 4.57 Å². The van der Waals surface area contributed by atoms with Crippen LogP contribution in [0.2, 0.25) is 0 Å².